The standard InChI is InChI=1S/C12H7Cl2F3N2O2/c13-7-2-1-6(3-8(7)14)4-10-18-11(21-19-10)5-9(20)12(15,16)17/h1-3H,4-5H2. The molecule has 2 rings (SSSR count). The minimum absolute atomic E-state index is 0.151. The molecule has 4 nitrogen and oxygen atoms in total. The second-order valence-electron chi connectivity index (χ2n) is 4.13. The molecule has 0 amide bonds. The van der Waals surface area contributed by atoms with Crippen LogP contribution in [-0.2, 0) is 17.6 Å². The third-order valence-corrected chi connectivity index (χ3v) is 3.22. The molecule has 0 saturated carbocycles. The van der Waals surface area contributed by atoms with Crippen LogP contribution in [0, 0.1) is 0 Å². The highest BCUT2D eigenvalue weighted by atomic mass is 35.5. The fourth-order valence-corrected chi connectivity index (χ4v) is 1.82. The lowest BCUT2D eigenvalue weighted by Crippen LogP contribution is -2.24. The highest BCUT2D eigenvalue weighted by Crippen LogP contribution is 2.23. The molecule has 1 aromatic heterocycles. The number of carbonyl (C=O) groups is 1. The van der Waals surface area contributed by atoms with E-state index >= 15 is 0 Å². The number of carbonyl (C=O) groups excluding carboxylic acids is 1. The van der Waals surface area contributed by atoms with Gasteiger partial charge in [0.15, 0.2) is 5.82 Å². The zero-order valence-corrected chi connectivity index (χ0v) is 11.8. The van der Waals surface area contributed by atoms with E-state index in [9.17, 15) is 18.0 Å². The molecule has 0 atom stereocenters. The average Bonchev–Trinajstić information content (AvgIpc) is 2.80. The molecule has 0 radical (unpaired) electrons. The van der Waals surface area contributed by atoms with Crippen molar-refractivity contribution in [2.24, 2.45) is 0 Å². The van der Waals surface area contributed by atoms with Gasteiger partial charge in [0.25, 0.3) is 0 Å². The Labute approximate surface area is 126 Å². The van der Waals surface area contributed by atoms with Crippen LogP contribution >= 0.6 is 23.2 Å². The summed E-state index contributed by atoms with van der Waals surface area (Å²) in [6, 6.07) is 4.83. The van der Waals surface area contributed by atoms with Crippen LogP contribution in [0.3, 0.4) is 0 Å². The van der Waals surface area contributed by atoms with Gasteiger partial charge in [0.2, 0.25) is 11.7 Å². The van der Waals surface area contributed by atoms with Crippen molar-refractivity contribution in [1.29, 1.82) is 0 Å². The first-order valence-electron chi connectivity index (χ1n) is 5.61. The average molecular weight is 339 g/mol. The van der Waals surface area contributed by atoms with E-state index in [-0.39, 0.29) is 18.1 Å². The van der Waals surface area contributed by atoms with Gasteiger partial charge in [-0.15, -0.1) is 0 Å². The van der Waals surface area contributed by atoms with E-state index < -0.39 is 18.4 Å². The number of ketones is 1. The monoisotopic (exact) mass is 338 g/mol. The molecule has 112 valence electrons. The lowest BCUT2D eigenvalue weighted by molar-refractivity contribution is -0.170. The zero-order valence-electron chi connectivity index (χ0n) is 10.2. The zero-order chi connectivity index (χ0) is 15.6. The molecule has 9 heteroatoms. The van der Waals surface area contributed by atoms with Crippen molar-refractivity contribution in [3.63, 3.8) is 0 Å². The van der Waals surface area contributed by atoms with Crippen LogP contribution in [0.1, 0.15) is 17.3 Å². The van der Waals surface area contributed by atoms with Gasteiger partial charge >= 0.3 is 6.18 Å². The van der Waals surface area contributed by atoms with Gasteiger partial charge in [-0.1, -0.05) is 34.4 Å². The number of benzene rings is 1. The molecule has 21 heavy (non-hydrogen) atoms. The molecule has 0 spiro atoms. The van der Waals surface area contributed by atoms with Crippen LogP contribution < -0.4 is 0 Å². The number of nitrogens with zero attached hydrogens (tertiary/aromatic N) is 2. The Hall–Kier alpha value is -1.60. The van der Waals surface area contributed by atoms with Crippen LogP contribution in [0.2, 0.25) is 10.0 Å². The number of halogens is 5. The minimum atomic E-state index is -4.92. The topological polar surface area (TPSA) is 56.0 Å². The van der Waals surface area contributed by atoms with Gasteiger partial charge in [-0.2, -0.15) is 18.2 Å². The van der Waals surface area contributed by atoms with Crippen LogP contribution in [-0.4, -0.2) is 22.1 Å². The molecule has 0 aliphatic rings. The van der Waals surface area contributed by atoms with Gasteiger partial charge in [0, 0.05) is 6.42 Å². The summed E-state index contributed by atoms with van der Waals surface area (Å²) in [6.07, 6.45) is -5.70. The highest BCUT2D eigenvalue weighted by molar-refractivity contribution is 6.42. The van der Waals surface area contributed by atoms with Gasteiger partial charge in [0.1, 0.15) is 0 Å². The van der Waals surface area contributed by atoms with E-state index in [0.717, 1.165) is 0 Å². The second kappa shape index (κ2) is 6.03. The summed E-state index contributed by atoms with van der Waals surface area (Å²) < 4.78 is 40.9. The molecule has 0 fully saturated rings. The molecule has 0 saturated heterocycles. The SMILES string of the molecule is O=C(Cc1nc(Cc2ccc(Cl)c(Cl)c2)no1)C(F)(F)F. The summed E-state index contributed by atoms with van der Waals surface area (Å²) in [4.78, 5) is 14.5. The van der Waals surface area contributed by atoms with Crippen molar-refractivity contribution in [3.05, 3.63) is 45.5 Å². The van der Waals surface area contributed by atoms with E-state index in [1.807, 2.05) is 0 Å². The largest absolute Gasteiger partial charge is 0.450 e. The first-order chi connectivity index (χ1) is 9.75. The molecule has 0 aliphatic carbocycles. The van der Waals surface area contributed by atoms with Gasteiger partial charge < -0.3 is 4.52 Å². The van der Waals surface area contributed by atoms with Crippen LogP contribution in [0.5, 0.6) is 0 Å². The Morgan fingerprint density at radius 1 is 1.24 bits per heavy atom. The van der Waals surface area contributed by atoms with E-state index in [0.29, 0.717) is 15.6 Å². The summed E-state index contributed by atoms with van der Waals surface area (Å²) in [5, 5.41) is 4.23. The van der Waals surface area contributed by atoms with Crippen molar-refractivity contribution in [1.82, 2.24) is 10.1 Å². The quantitative estimate of drug-likeness (QED) is 0.853. The van der Waals surface area contributed by atoms with Crippen molar-refractivity contribution in [2.75, 3.05) is 0 Å². The minimum Gasteiger partial charge on any atom is -0.339 e. The fourth-order valence-electron chi connectivity index (χ4n) is 1.50. The summed E-state index contributed by atoms with van der Waals surface area (Å²) >= 11 is 11.6. The summed E-state index contributed by atoms with van der Waals surface area (Å²) in [5.41, 5.74) is 0.707. The predicted molar refractivity (Wildman–Crippen MR) is 68.3 cm³/mol. The number of aromatic nitrogens is 2. The lowest BCUT2D eigenvalue weighted by Gasteiger charge is -2.01. The normalized spacial score (nSPS) is 11.7. The molecule has 2 aromatic rings. The van der Waals surface area contributed by atoms with Crippen molar-refractivity contribution in [2.45, 2.75) is 19.0 Å². The molecular formula is C12H7Cl2F3N2O2. The Bertz CT molecular complexity index is 671. The smallest absolute Gasteiger partial charge is 0.339 e. The molecule has 0 N–H and O–H groups in total. The van der Waals surface area contributed by atoms with Crippen LogP contribution in [0.4, 0.5) is 13.2 Å². The van der Waals surface area contributed by atoms with E-state index in [1.165, 1.54) is 0 Å². The molecule has 1 aromatic carbocycles. The van der Waals surface area contributed by atoms with Crippen LogP contribution in [0.15, 0.2) is 22.7 Å². The van der Waals surface area contributed by atoms with Gasteiger partial charge in [0.05, 0.1) is 16.5 Å². The third-order valence-electron chi connectivity index (χ3n) is 2.48. The Morgan fingerprint density at radius 3 is 2.57 bits per heavy atom. The van der Waals surface area contributed by atoms with Gasteiger partial charge in [-0.3, -0.25) is 4.79 Å². The maximum Gasteiger partial charge on any atom is 0.450 e. The maximum absolute atomic E-state index is 12.1. The van der Waals surface area contributed by atoms with Gasteiger partial charge in [-0.25, -0.2) is 0 Å². The summed E-state index contributed by atoms with van der Waals surface area (Å²) in [7, 11) is 0. The number of rotatable bonds is 4. The highest BCUT2D eigenvalue weighted by Gasteiger charge is 2.39. The van der Waals surface area contributed by atoms with Crippen molar-refractivity contribution in [3.8, 4) is 0 Å². The number of hydrogen-bond acceptors (Lipinski definition) is 4. The Morgan fingerprint density at radius 2 is 1.95 bits per heavy atom. The second-order valence-corrected chi connectivity index (χ2v) is 4.94. The molecular weight excluding hydrogens is 332 g/mol. The number of Topliss-reactive ketones (excluding diaryl/α,β-unsaturated/α-hetero) is 1. The van der Waals surface area contributed by atoms with Crippen LogP contribution in [0.25, 0.3) is 0 Å². The van der Waals surface area contributed by atoms with E-state index in [4.69, 9.17) is 23.2 Å². The predicted octanol–water partition coefficient (Wildman–Crippen LogP) is 3.64. The first-order valence-corrected chi connectivity index (χ1v) is 6.36. The molecule has 0 bridgehead atoms. The molecule has 0 unspecified atom stereocenters. The Kier molecular flexibility index (Phi) is 4.53. The fraction of sp³-hybridized carbons (Fsp3) is 0.250. The third kappa shape index (κ3) is 4.18. The number of alkyl halides is 3. The maximum atomic E-state index is 12.1. The molecule has 1 heterocycles. The van der Waals surface area contributed by atoms with Crippen molar-refractivity contribution >= 4 is 29.0 Å². The number of hydrogen-bond donors (Lipinski definition) is 0. The summed E-state index contributed by atoms with van der Waals surface area (Å²) in [6.45, 7) is 0. The van der Waals surface area contributed by atoms with Crippen molar-refractivity contribution < 1.29 is 22.5 Å². The Balaban J connectivity index is 2.06. The lowest BCUT2D eigenvalue weighted by atomic mass is 10.1. The van der Waals surface area contributed by atoms with E-state index in [2.05, 4.69) is 14.7 Å². The first kappa shape index (κ1) is 15.8. The van der Waals surface area contributed by atoms with Gasteiger partial charge in [-0.05, 0) is 17.7 Å². The summed E-state index contributed by atoms with van der Waals surface area (Å²) in [5.74, 6) is -2.17. The van der Waals surface area contributed by atoms with E-state index in [1.54, 1.807) is 18.2 Å². The molecule has 0 aliphatic heterocycles.